The van der Waals surface area contributed by atoms with Crippen molar-refractivity contribution in [2.24, 2.45) is 0 Å². The lowest BCUT2D eigenvalue weighted by Gasteiger charge is -2.29. The molecule has 2 N–H and O–H groups in total. The topological polar surface area (TPSA) is 108 Å². The molecule has 0 rings (SSSR count). The number of nitrogens with one attached hydrogen (secondary N) is 1. The van der Waals surface area contributed by atoms with E-state index >= 15 is 0 Å². The molecular formula is C55H111N2O6P. The molecule has 0 heterocycles. The number of phosphoric acid groups is 1. The first-order chi connectivity index (χ1) is 31.0. The van der Waals surface area contributed by atoms with E-state index < -0.39 is 20.0 Å². The number of amides is 1. The van der Waals surface area contributed by atoms with Gasteiger partial charge < -0.3 is 28.8 Å². The monoisotopic (exact) mass is 927 g/mol. The molecule has 0 radical (unpaired) electrons. The lowest BCUT2D eigenvalue weighted by atomic mass is 10.0. The standard InChI is InChI=1S/C55H111N2O6P/c1-6-8-10-12-14-16-18-20-21-22-23-24-25-26-27-28-29-30-31-32-33-34-35-37-39-41-43-45-47-49-55(59)56-53(52-63-64(60,61)62-51-50-57(3,4)5)54(58)48-46-44-42-40-38-36-19-17-15-13-11-9-7-2/h46,48,53-54,58H,6-45,47,49-52H2,1-5H3,(H-,56,59,60,61)/b48-46+. The molecule has 0 aliphatic heterocycles. The molecule has 64 heavy (non-hydrogen) atoms. The Morgan fingerprint density at radius 2 is 0.844 bits per heavy atom. The second-order valence-corrected chi connectivity index (χ2v) is 22.1. The Labute approximate surface area is 399 Å². The van der Waals surface area contributed by atoms with Gasteiger partial charge in [-0.1, -0.05) is 270 Å². The highest BCUT2D eigenvalue weighted by atomic mass is 31.2. The maximum absolute atomic E-state index is 12.9. The van der Waals surface area contributed by atoms with Crippen LogP contribution in [0.15, 0.2) is 12.2 Å². The van der Waals surface area contributed by atoms with Crippen LogP contribution in [0.3, 0.4) is 0 Å². The van der Waals surface area contributed by atoms with Gasteiger partial charge in [0.1, 0.15) is 13.2 Å². The van der Waals surface area contributed by atoms with Crippen molar-refractivity contribution in [2.45, 2.75) is 296 Å². The number of aliphatic hydroxyl groups is 1. The molecule has 0 saturated heterocycles. The number of carbonyl (C=O) groups excluding carboxylic acids is 1. The van der Waals surface area contributed by atoms with Gasteiger partial charge in [-0.2, -0.15) is 0 Å². The van der Waals surface area contributed by atoms with E-state index in [9.17, 15) is 19.4 Å². The van der Waals surface area contributed by atoms with Crippen LogP contribution in [0.1, 0.15) is 284 Å². The maximum Gasteiger partial charge on any atom is 0.268 e. The first kappa shape index (κ1) is 63.2. The summed E-state index contributed by atoms with van der Waals surface area (Å²) in [7, 11) is 1.28. The van der Waals surface area contributed by atoms with E-state index in [2.05, 4.69) is 19.2 Å². The van der Waals surface area contributed by atoms with Gasteiger partial charge in [-0.25, -0.2) is 0 Å². The maximum atomic E-state index is 12.9. The van der Waals surface area contributed by atoms with Crippen LogP contribution in [0.25, 0.3) is 0 Å². The Kier molecular flexibility index (Phi) is 46.8. The van der Waals surface area contributed by atoms with Crippen molar-refractivity contribution in [1.82, 2.24) is 5.32 Å². The fraction of sp³-hybridized carbons (Fsp3) is 0.945. The molecule has 8 nitrogen and oxygen atoms in total. The molecular weight excluding hydrogens is 816 g/mol. The third-order valence-electron chi connectivity index (χ3n) is 13.0. The number of carbonyl (C=O) groups is 1. The van der Waals surface area contributed by atoms with Crippen LogP contribution in [0.4, 0.5) is 0 Å². The number of hydrogen-bond donors (Lipinski definition) is 2. The van der Waals surface area contributed by atoms with Crippen molar-refractivity contribution in [3.05, 3.63) is 12.2 Å². The Bertz CT molecular complexity index is 1050. The number of unbranched alkanes of at least 4 members (excludes halogenated alkanes) is 39. The molecule has 3 atom stereocenters. The van der Waals surface area contributed by atoms with Gasteiger partial charge in [-0.3, -0.25) is 9.36 Å². The van der Waals surface area contributed by atoms with E-state index in [0.29, 0.717) is 17.4 Å². The van der Waals surface area contributed by atoms with Crippen LogP contribution >= 0.6 is 7.82 Å². The molecule has 382 valence electrons. The van der Waals surface area contributed by atoms with Crippen LogP contribution in [0.2, 0.25) is 0 Å². The molecule has 0 aromatic rings. The van der Waals surface area contributed by atoms with Crippen LogP contribution in [-0.4, -0.2) is 68.5 Å². The molecule has 0 saturated carbocycles. The highest BCUT2D eigenvalue weighted by molar-refractivity contribution is 7.45. The van der Waals surface area contributed by atoms with E-state index in [1.54, 1.807) is 6.08 Å². The van der Waals surface area contributed by atoms with Gasteiger partial charge in [-0.05, 0) is 19.3 Å². The molecule has 0 fully saturated rings. The smallest absolute Gasteiger partial charge is 0.268 e. The van der Waals surface area contributed by atoms with E-state index in [4.69, 9.17) is 9.05 Å². The molecule has 9 heteroatoms. The number of nitrogens with zero attached hydrogens (tertiary/aromatic N) is 1. The predicted octanol–water partition coefficient (Wildman–Crippen LogP) is 16.0. The lowest BCUT2D eigenvalue weighted by Crippen LogP contribution is -2.45. The lowest BCUT2D eigenvalue weighted by molar-refractivity contribution is -0.870. The molecule has 0 bridgehead atoms. The van der Waals surface area contributed by atoms with E-state index in [0.717, 1.165) is 38.5 Å². The zero-order chi connectivity index (χ0) is 47.1. The summed E-state index contributed by atoms with van der Waals surface area (Å²) in [4.78, 5) is 25.4. The summed E-state index contributed by atoms with van der Waals surface area (Å²) in [5.74, 6) is -0.192. The number of aliphatic hydroxyl groups excluding tert-OH is 1. The molecule has 3 unspecified atom stereocenters. The van der Waals surface area contributed by atoms with Gasteiger partial charge >= 0.3 is 0 Å². The normalized spacial score (nSPS) is 14.0. The number of hydrogen-bond acceptors (Lipinski definition) is 6. The Morgan fingerprint density at radius 1 is 0.531 bits per heavy atom. The highest BCUT2D eigenvalue weighted by Gasteiger charge is 2.23. The Balaban J connectivity index is 4.03. The fourth-order valence-electron chi connectivity index (χ4n) is 8.57. The second kappa shape index (κ2) is 47.3. The minimum Gasteiger partial charge on any atom is -0.756 e. The second-order valence-electron chi connectivity index (χ2n) is 20.7. The van der Waals surface area contributed by atoms with Crippen LogP contribution in [0, 0.1) is 0 Å². The summed E-state index contributed by atoms with van der Waals surface area (Å²) in [5.41, 5.74) is 0. The van der Waals surface area contributed by atoms with Gasteiger partial charge in [-0.15, -0.1) is 0 Å². The predicted molar refractivity (Wildman–Crippen MR) is 275 cm³/mol. The minimum absolute atomic E-state index is 0.00237. The molecule has 1 amide bonds. The number of likely N-dealkylation sites (N-methyl/N-ethyl adjacent to an activating group) is 1. The van der Waals surface area contributed by atoms with Gasteiger partial charge in [0, 0.05) is 6.42 Å². The van der Waals surface area contributed by atoms with E-state index in [1.165, 1.54) is 225 Å². The molecule has 0 aromatic heterocycles. The molecule has 0 aliphatic carbocycles. The fourth-order valence-corrected chi connectivity index (χ4v) is 9.29. The summed E-state index contributed by atoms with van der Waals surface area (Å²) in [5, 5.41) is 13.8. The van der Waals surface area contributed by atoms with Gasteiger partial charge in [0.25, 0.3) is 7.82 Å². The number of allylic oxidation sites excluding steroid dienone is 1. The van der Waals surface area contributed by atoms with Crippen LogP contribution in [-0.2, 0) is 18.4 Å². The van der Waals surface area contributed by atoms with Crippen molar-refractivity contribution >= 4 is 13.7 Å². The third kappa shape index (κ3) is 49.2. The zero-order valence-corrected chi connectivity index (χ0v) is 44.4. The third-order valence-corrected chi connectivity index (χ3v) is 14.0. The van der Waals surface area contributed by atoms with Crippen LogP contribution < -0.4 is 10.2 Å². The Hall–Kier alpha value is -0.760. The molecule has 0 aromatic carbocycles. The first-order valence-electron chi connectivity index (χ1n) is 28.1. The first-order valence-corrected chi connectivity index (χ1v) is 29.5. The van der Waals surface area contributed by atoms with Gasteiger partial charge in [0.05, 0.1) is 39.9 Å². The van der Waals surface area contributed by atoms with E-state index in [-0.39, 0.29) is 19.1 Å². The molecule has 0 spiro atoms. The summed E-state index contributed by atoms with van der Waals surface area (Å²) >= 11 is 0. The van der Waals surface area contributed by atoms with Crippen LogP contribution in [0.5, 0.6) is 0 Å². The minimum atomic E-state index is -4.59. The quantitative estimate of drug-likeness (QED) is 0.0272. The average molecular weight is 927 g/mol. The summed E-state index contributed by atoms with van der Waals surface area (Å²) in [6.07, 6.45) is 57.2. The molecule has 0 aliphatic rings. The summed E-state index contributed by atoms with van der Waals surface area (Å²) in [6.45, 7) is 4.68. The largest absolute Gasteiger partial charge is 0.756 e. The Morgan fingerprint density at radius 3 is 1.17 bits per heavy atom. The number of rotatable bonds is 52. The number of phosphoric ester groups is 1. The highest BCUT2D eigenvalue weighted by Crippen LogP contribution is 2.38. The van der Waals surface area contributed by atoms with Gasteiger partial charge in [0.15, 0.2) is 0 Å². The summed E-state index contributed by atoms with van der Waals surface area (Å²) in [6, 6.07) is -0.881. The average Bonchev–Trinajstić information content (AvgIpc) is 3.25. The summed E-state index contributed by atoms with van der Waals surface area (Å²) < 4.78 is 23.3. The SMILES string of the molecule is CCCCCCCCCCCCC/C=C/C(O)C(COP(=O)([O-])OCC[N+](C)(C)C)NC(=O)CCCCCCCCCCCCCCCCCCCCCCCCCCCCCCC. The van der Waals surface area contributed by atoms with Crippen molar-refractivity contribution in [3.8, 4) is 0 Å². The van der Waals surface area contributed by atoms with E-state index in [1.807, 2.05) is 27.2 Å². The van der Waals surface area contributed by atoms with Crippen molar-refractivity contribution in [3.63, 3.8) is 0 Å². The van der Waals surface area contributed by atoms with Crippen molar-refractivity contribution < 1.29 is 32.9 Å². The zero-order valence-electron chi connectivity index (χ0n) is 43.5. The number of quaternary nitrogens is 1. The van der Waals surface area contributed by atoms with Crippen molar-refractivity contribution in [1.29, 1.82) is 0 Å². The van der Waals surface area contributed by atoms with Gasteiger partial charge in [0.2, 0.25) is 5.91 Å². The van der Waals surface area contributed by atoms with Crippen molar-refractivity contribution in [2.75, 3.05) is 40.9 Å².